The number of nitrogens with two attached hydrogens (primary N) is 1. The van der Waals surface area contributed by atoms with Gasteiger partial charge in [-0.15, -0.1) is 0 Å². The monoisotopic (exact) mass is 441 g/mol. The van der Waals surface area contributed by atoms with Gasteiger partial charge >= 0.3 is 0 Å². The average molecular weight is 442 g/mol. The Bertz CT molecular complexity index is 1470. The van der Waals surface area contributed by atoms with Crippen LogP contribution in [0.4, 0.5) is 10.1 Å². The molecule has 0 amide bonds. The number of nitrogens with one attached hydrogen (secondary N) is 1. The van der Waals surface area contributed by atoms with Crippen molar-refractivity contribution in [3.8, 4) is 11.1 Å². The van der Waals surface area contributed by atoms with E-state index in [1.807, 2.05) is 23.0 Å². The molecule has 3 N–H and O–H groups in total. The van der Waals surface area contributed by atoms with E-state index < -0.39 is 0 Å². The third-order valence-corrected chi connectivity index (χ3v) is 6.21. The van der Waals surface area contributed by atoms with Crippen LogP contribution < -0.4 is 5.73 Å². The van der Waals surface area contributed by atoms with Gasteiger partial charge in [-0.3, -0.25) is 4.98 Å². The summed E-state index contributed by atoms with van der Waals surface area (Å²) in [5.41, 5.74) is 13.3. The van der Waals surface area contributed by atoms with Crippen LogP contribution in [0.5, 0.6) is 0 Å². The molecule has 166 valence electrons. The second-order valence-electron chi connectivity index (χ2n) is 8.46. The Labute approximate surface area is 190 Å². The Morgan fingerprint density at radius 2 is 2.06 bits per heavy atom. The lowest BCUT2D eigenvalue weighted by Crippen LogP contribution is -2.03. The molecule has 0 saturated heterocycles. The molecule has 0 fully saturated rings. The number of nitrogens with zero attached hydrogens (tertiary/aromatic N) is 3. The van der Waals surface area contributed by atoms with Crippen molar-refractivity contribution in [3.05, 3.63) is 84.0 Å². The van der Waals surface area contributed by atoms with Crippen LogP contribution in [-0.4, -0.2) is 25.6 Å². The van der Waals surface area contributed by atoms with Gasteiger partial charge in [0.15, 0.2) is 5.65 Å². The summed E-state index contributed by atoms with van der Waals surface area (Å²) in [6.45, 7) is 2.17. The third-order valence-electron chi connectivity index (χ3n) is 6.21. The zero-order chi connectivity index (χ0) is 22.9. The minimum atomic E-state index is -0.386. The van der Waals surface area contributed by atoms with E-state index in [1.165, 1.54) is 17.8 Å². The SMILES string of the molecule is CC(CCc1ccc2c(CC=O)c[nH]c2c1)c1cnc2c(N)cc(-c3cncc(F)c3)cn12. The molecule has 4 aromatic heterocycles. The van der Waals surface area contributed by atoms with E-state index in [1.54, 1.807) is 12.3 Å². The van der Waals surface area contributed by atoms with Crippen molar-refractivity contribution in [2.75, 3.05) is 5.73 Å². The summed E-state index contributed by atoms with van der Waals surface area (Å²) < 4.78 is 15.7. The number of imidazole rings is 1. The first-order chi connectivity index (χ1) is 16.0. The Morgan fingerprint density at radius 3 is 2.88 bits per heavy atom. The average Bonchev–Trinajstić information content (AvgIpc) is 3.42. The number of hydrogen-bond donors (Lipinski definition) is 2. The Kier molecular flexibility index (Phi) is 5.38. The molecule has 0 aliphatic carbocycles. The number of aromatic amines is 1. The zero-order valence-electron chi connectivity index (χ0n) is 18.3. The predicted molar refractivity (Wildman–Crippen MR) is 128 cm³/mol. The van der Waals surface area contributed by atoms with Gasteiger partial charge in [-0.1, -0.05) is 19.1 Å². The summed E-state index contributed by atoms with van der Waals surface area (Å²) in [5.74, 6) is -0.159. The summed E-state index contributed by atoms with van der Waals surface area (Å²) in [7, 11) is 0. The highest BCUT2D eigenvalue weighted by molar-refractivity contribution is 5.85. The quantitative estimate of drug-likeness (QED) is 0.345. The van der Waals surface area contributed by atoms with Gasteiger partial charge in [0.2, 0.25) is 0 Å². The van der Waals surface area contributed by atoms with Crippen molar-refractivity contribution >= 4 is 28.5 Å². The minimum Gasteiger partial charge on any atom is -0.396 e. The molecule has 1 aromatic carbocycles. The largest absolute Gasteiger partial charge is 0.396 e. The second-order valence-corrected chi connectivity index (χ2v) is 8.46. The lowest BCUT2D eigenvalue weighted by atomic mass is 9.97. The first kappa shape index (κ1) is 20.9. The number of benzene rings is 1. The molecule has 0 aliphatic heterocycles. The summed E-state index contributed by atoms with van der Waals surface area (Å²) in [6, 6.07) is 9.61. The number of aryl methyl sites for hydroxylation is 1. The summed E-state index contributed by atoms with van der Waals surface area (Å²) in [4.78, 5) is 22.6. The molecule has 4 heterocycles. The first-order valence-corrected chi connectivity index (χ1v) is 10.9. The van der Waals surface area contributed by atoms with Gasteiger partial charge in [-0.2, -0.15) is 0 Å². The fourth-order valence-electron chi connectivity index (χ4n) is 4.40. The van der Waals surface area contributed by atoms with Crippen LogP contribution in [0, 0.1) is 5.82 Å². The Balaban J connectivity index is 1.40. The van der Waals surface area contributed by atoms with Gasteiger partial charge in [0, 0.05) is 58.9 Å². The van der Waals surface area contributed by atoms with Gasteiger partial charge < -0.3 is 19.9 Å². The maximum atomic E-state index is 13.7. The molecule has 7 heteroatoms. The minimum absolute atomic E-state index is 0.227. The van der Waals surface area contributed by atoms with E-state index in [2.05, 4.69) is 40.1 Å². The van der Waals surface area contributed by atoms with Crippen LogP contribution in [0.1, 0.15) is 36.1 Å². The standard InChI is InChI=1S/C26H24FN5O/c1-16(2-3-17-4-5-22-18(6-7-33)12-30-24(22)8-17)25-14-31-26-23(28)10-20(15-32(25)26)19-9-21(27)13-29-11-19/h4-5,7-16,30H,2-3,6,28H2,1H3. The van der Waals surface area contributed by atoms with Crippen molar-refractivity contribution in [1.82, 2.24) is 19.4 Å². The maximum absolute atomic E-state index is 13.7. The number of halogens is 1. The van der Waals surface area contributed by atoms with Crippen LogP contribution in [0.2, 0.25) is 0 Å². The third kappa shape index (κ3) is 3.98. The molecule has 0 aliphatic rings. The van der Waals surface area contributed by atoms with Gasteiger partial charge in [-0.25, -0.2) is 9.37 Å². The molecule has 0 bridgehead atoms. The van der Waals surface area contributed by atoms with E-state index in [0.717, 1.165) is 46.9 Å². The molecular formula is C26H24FN5O. The predicted octanol–water partition coefficient (Wildman–Crippen LogP) is 5.08. The molecule has 5 rings (SSSR count). The summed E-state index contributed by atoms with van der Waals surface area (Å²) in [6.07, 6.45) is 11.7. The number of carbonyl (C=O) groups excluding carboxylic acids is 1. The Morgan fingerprint density at radius 1 is 1.18 bits per heavy atom. The van der Waals surface area contributed by atoms with E-state index in [-0.39, 0.29) is 11.7 Å². The van der Waals surface area contributed by atoms with Gasteiger partial charge in [0.1, 0.15) is 12.1 Å². The number of anilines is 1. The van der Waals surface area contributed by atoms with Crippen LogP contribution in [0.25, 0.3) is 27.7 Å². The summed E-state index contributed by atoms with van der Waals surface area (Å²) in [5, 5.41) is 1.09. The fourth-order valence-corrected chi connectivity index (χ4v) is 4.40. The van der Waals surface area contributed by atoms with E-state index in [4.69, 9.17) is 5.73 Å². The second kappa shape index (κ2) is 8.50. The van der Waals surface area contributed by atoms with Crippen LogP contribution in [-0.2, 0) is 17.6 Å². The van der Waals surface area contributed by atoms with E-state index in [0.29, 0.717) is 23.3 Å². The van der Waals surface area contributed by atoms with Crippen molar-refractivity contribution in [2.24, 2.45) is 0 Å². The van der Waals surface area contributed by atoms with Gasteiger partial charge in [0.05, 0.1) is 11.9 Å². The topological polar surface area (TPSA) is 89.1 Å². The highest BCUT2D eigenvalue weighted by Crippen LogP contribution is 2.29. The first-order valence-electron chi connectivity index (χ1n) is 10.9. The van der Waals surface area contributed by atoms with Crippen molar-refractivity contribution in [2.45, 2.75) is 32.1 Å². The lowest BCUT2D eigenvalue weighted by molar-refractivity contribution is -0.107. The zero-order valence-corrected chi connectivity index (χ0v) is 18.3. The van der Waals surface area contributed by atoms with Gasteiger partial charge in [-0.05, 0) is 48.1 Å². The number of aldehydes is 1. The molecule has 1 unspecified atom stereocenters. The molecule has 6 nitrogen and oxygen atoms in total. The highest BCUT2D eigenvalue weighted by atomic mass is 19.1. The number of pyridine rings is 2. The number of hydrogen-bond acceptors (Lipinski definition) is 4. The number of nitrogen functional groups attached to an aromatic ring is 1. The number of aromatic nitrogens is 4. The maximum Gasteiger partial charge on any atom is 0.160 e. The fraction of sp³-hybridized carbons (Fsp3) is 0.192. The number of rotatable bonds is 7. The van der Waals surface area contributed by atoms with Crippen molar-refractivity contribution < 1.29 is 9.18 Å². The van der Waals surface area contributed by atoms with Crippen LogP contribution in [0.15, 0.2) is 61.3 Å². The Hall–Kier alpha value is -4.00. The lowest BCUT2D eigenvalue weighted by Gasteiger charge is -2.13. The smallest absolute Gasteiger partial charge is 0.160 e. The van der Waals surface area contributed by atoms with Crippen LogP contribution >= 0.6 is 0 Å². The highest BCUT2D eigenvalue weighted by Gasteiger charge is 2.15. The number of carbonyl (C=O) groups is 1. The van der Waals surface area contributed by atoms with E-state index in [9.17, 15) is 9.18 Å². The van der Waals surface area contributed by atoms with Crippen molar-refractivity contribution in [3.63, 3.8) is 0 Å². The van der Waals surface area contributed by atoms with Crippen molar-refractivity contribution in [1.29, 1.82) is 0 Å². The van der Waals surface area contributed by atoms with E-state index >= 15 is 0 Å². The molecule has 0 radical (unpaired) electrons. The molecular weight excluding hydrogens is 417 g/mol. The molecule has 33 heavy (non-hydrogen) atoms. The molecule has 0 saturated carbocycles. The number of H-pyrrole nitrogens is 1. The summed E-state index contributed by atoms with van der Waals surface area (Å²) >= 11 is 0. The normalized spacial score (nSPS) is 12.4. The molecule has 0 spiro atoms. The molecule has 5 aromatic rings. The van der Waals surface area contributed by atoms with Crippen LogP contribution in [0.3, 0.4) is 0 Å². The van der Waals surface area contributed by atoms with Gasteiger partial charge in [0.25, 0.3) is 0 Å². The molecule has 1 atom stereocenters. The number of fused-ring (bicyclic) bond motifs is 2.